The fourth-order valence-electron chi connectivity index (χ4n) is 1.90. The van der Waals surface area contributed by atoms with Crippen LogP contribution >= 0.6 is 0 Å². The molecule has 1 atom stereocenters. The fourth-order valence-corrected chi connectivity index (χ4v) is 1.90. The minimum atomic E-state index is -2.61. The SMILES string of the molecule is [2H]C([2H])([2H])C(=O)N[C@@H](C)c1cccc2ccccc12. The van der Waals surface area contributed by atoms with E-state index < -0.39 is 12.8 Å². The average Bonchev–Trinajstić information content (AvgIpc) is 2.36. The van der Waals surface area contributed by atoms with E-state index in [4.69, 9.17) is 4.11 Å². The molecule has 0 unspecified atom stereocenters. The predicted molar refractivity (Wildman–Crippen MR) is 66.2 cm³/mol. The first-order valence-corrected chi connectivity index (χ1v) is 5.18. The first-order valence-electron chi connectivity index (χ1n) is 6.68. The molecule has 0 aliphatic heterocycles. The summed E-state index contributed by atoms with van der Waals surface area (Å²) in [6.45, 7) is -0.829. The van der Waals surface area contributed by atoms with E-state index in [-0.39, 0.29) is 6.04 Å². The van der Waals surface area contributed by atoms with Crippen molar-refractivity contribution in [2.24, 2.45) is 0 Å². The number of fused-ring (bicyclic) bond motifs is 1. The van der Waals surface area contributed by atoms with Crippen LogP contribution in [0.4, 0.5) is 0 Å². The van der Waals surface area contributed by atoms with E-state index >= 15 is 0 Å². The smallest absolute Gasteiger partial charge is 0.217 e. The lowest BCUT2D eigenvalue weighted by Gasteiger charge is -2.15. The maximum absolute atomic E-state index is 11.5. The Morgan fingerprint density at radius 1 is 1.25 bits per heavy atom. The summed E-state index contributed by atoms with van der Waals surface area (Å²) in [5.41, 5.74) is 0.913. The Morgan fingerprint density at radius 3 is 2.81 bits per heavy atom. The van der Waals surface area contributed by atoms with Crippen molar-refractivity contribution in [1.82, 2.24) is 5.32 Å². The molecule has 0 radical (unpaired) electrons. The number of nitrogens with one attached hydrogen (secondary N) is 1. The standard InChI is InChI=1S/C14H15NO/c1-10(15-11(2)16)13-9-5-7-12-6-3-4-8-14(12)13/h3-10H,1-2H3,(H,15,16)/t10-/m0/s1/i2D3. The van der Waals surface area contributed by atoms with E-state index in [0.29, 0.717) is 0 Å². The third-order valence-corrected chi connectivity index (χ3v) is 2.64. The zero-order chi connectivity index (χ0) is 14.0. The van der Waals surface area contributed by atoms with Crippen LogP contribution in [0.15, 0.2) is 42.5 Å². The molecular formula is C14H15NO. The van der Waals surface area contributed by atoms with Crippen molar-refractivity contribution in [3.8, 4) is 0 Å². The molecule has 0 bridgehead atoms. The topological polar surface area (TPSA) is 29.1 Å². The Morgan fingerprint density at radius 2 is 2.00 bits per heavy atom. The van der Waals surface area contributed by atoms with Gasteiger partial charge in [-0.05, 0) is 23.3 Å². The minimum absolute atomic E-state index is 0.348. The Labute approximate surface area is 99.5 Å². The van der Waals surface area contributed by atoms with Gasteiger partial charge in [-0.25, -0.2) is 0 Å². The summed E-state index contributed by atoms with van der Waals surface area (Å²) in [5, 5.41) is 4.61. The normalized spacial score (nSPS) is 15.9. The Hall–Kier alpha value is -1.83. The summed E-state index contributed by atoms with van der Waals surface area (Å²) >= 11 is 0. The van der Waals surface area contributed by atoms with Gasteiger partial charge in [0.2, 0.25) is 5.91 Å². The van der Waals surface area contributed by atoms with Crippen molar-refractivity contribution >= 4 is 16.7 Å². The Bertz CT molecular complexity index is 602. The van der Waals surface area contributed by atoms with Gasteiger partial charge in [0.25, 0.3) is 0 Å². The van der Waals surface area contributed by atoms with Gasteiger partial charge in [-0.15, -0.1) is 0 Å². The van der Waals surface area contributed by atoms with Gasteiger partial charge in [0.05, 0.1) is 6.04 Å². The largest absolute Gasteiger partial charge is 0.350 e. The maximum Gasteiger partial charge on any atom is 0.217 e. The zero-order valence-corrected chi connectivity index (χ0v) is 9.03. The van der Waals surface area contributed by atoms with E-state index in [1.54, 1.807) is 6.92 Å². The van der Waals surface area contributed by atoms with Crippen molar-refractivity contribution < 1.29 is 8.91 Å². The van der Waals surface area contributed by atoms with E-state index in [9.17, 15) is 4.79 Å². The first kappa shape index (κ1) is 7.44. The molecule has 2 aromatic rings. The highest BCUT2D eigenvalue weighted by Gasteiger charge is 2.09. The second kappa shape index (κ2) is 4.35. The quantitative estimate of drug-likeness (QED) is 0.821. The summed E-state index contributed by atoms with van der Waals surface area (Å²) in [6.07, 6.45) is 0. The van der Waals surface area contributed by atoms with Gasteiger partial charge in [0, 0.05) is 11.0 Å². The van der Waals surface area contributed by atoms with Crippen molar-refractivity contribution in [3.05, 3.63) is 48.0 Å². The monoisotopic (exact) mass is 216 g/mol. The molecule has 0 saturated heterocycles. The molecule has 1 amide bonds. The van der Waals surface area contributed by atoms with Gasteiger partial charge in [-0.2, -0.15) is 0 Å². The molecular weight excluding hydrogens is 198 g/mol. The molecule has 2 nitrogen and oxygen atoms in total. The molecule has 0 aromatic heterocycles. The molecule has 1 N–H and O–H groups in total. The second-order valence-corrected chi connectivity index (χ2v) is 3.76. The molecule has 0 aliphatic carbocycles. The molecule has 0 aliphatic rings. The molecule has 0 spiro atoms. The minimum Gasteiger partial charge on any atom is -0.350 e. The summed E-state index contributed by atoms with van der Waals surface area (Å²) < 4.78 is 21.2. The van der Waals surface area contributed by atoms with E-state index in [0.717, 1.165) is 16.3 Å². The van der Waals surface area contributed by atoms with Crippen LogP contribution in [0, 0.1) is 0 Å². The molecule has 2 aromatic carbocycles. The highest BCUT2D eigenvalue weighted by Crippen LogP contribution is 2.23. The summed E-state index contributed by atoms with van der Waals surface area (Å²) in [7, 11) is 0. The van der Waals surface area contributed by atoms with Gasteiger partial charge in [-0.1, -0.05) is 42.5 Å². The number of rotatable bonds is 2. The fraction of sp³-hybridized carbons (Fsp3) is 0.214. The van der Waals surface area contributed by atoms with Crippen LogP contribution in [0.3, 0.4) is 0 Å². The summed E-state index contributed by atoms with van der Waals surface area (Å²) in [5.74, 6) is -0.923. The zero-order valence-electron chi connectivity index (χ0n) is 12.0. The molecule has 2 rings (SSSR count). The number of amides is 1. The van der Waals surface area contributed by atoms with Gasteiger partial charge in [0.15, 0.2) is 0 Å². The van der Waals surface area contributed by atoms with E-state index in [1.807, 2.05) is 42.5 Å². The number of hydrogen-bond acceptors (Lipinski definition) is 1. The van der Waals surface area contributed by atoms with Crippen molar-refractivity contribution in [2.75, 3.05) is 0 Å². The highest BCUT2D eigenvalue weighted by molar-refractivity contribution is 5.86. The van der Waals surface area contributed by atoms with Gasteiger partial charge in [0.1, 0.15) is 0 Å². The van der Waals surface area contributed by atoms with Crippen molar-refractivity contribution in [2.45, 2.75) is 19.8 Å². The van der Waals surface area contributed by atoms with Crippen LogP contribution in [0.5, 0.6) is 0 Å². The number of carbonyl (C=O) groups is 1. The van der Waals surface area contributed by atoms with Crippen LogP contribution in [0.1, 0.15) is 29.5 Å². The van der Waals surface area contributed by atoms with Crippen LogP contribution in [0.25, 0.3) is 10.8 Å². The lowest BCUT2D eigenvalue weighted by Crippen LogP contribution is -2.23. The molecule has 0 fully saturated rings. The summed E-state index contributed by atoms with van der Waals surface area (Å²) in [4.78, 5) is 11.5. The Balaban J connectivity index is 2.32. The van der Waals surface area contributed by atoms with E-state index in [1.165, 1.54) is 0 Å². The average molecular weight is 216 g/mol. The molecule has 16 heavy (non-hydrogen) atoms. The van der Waals surface area contributed by atoms with Crippen LogP contribution < -0.4 is 5.32 Å². The van der Waals surface area contributed by atoms with Gasteiger partial charge < -0.3 is 5.32 Å². The first-order chi connectivity index (χ1) is 8.89. The lowest BCUT2D eigenvalue weighted by atomic mass is 10.00. The van der Waals surface area contributed by atoms with E-state index in [2.05, 4.69) is 5.32 Å². The molecule has 0 heterocycles. The predicted octanol–water partition coefficient (Wildman–Crippen LogP) is 3.04. The Kier molecular flexibility index (Phi) is 2.03. The van der Waals surface area contributed by atoms with Gasteiger partial charge >= 0.3 is 0 Å². The van der Waals surface area contributed by atoms with Gasteiger partial charge in [-0.3, -0.25) is 4.79 Å². The molecule has 2 heteroatoms. The maximum atomic E-state index is 11.5. The van der Waals surface area contributed by atoms with Crippen LogP contribution in [-0.4, -0.2) is 5.91 Å². The third-order valence-electron chi connectivity index (χ3n) is 2.64. The molecule has 0 saturated carbocycles. The third kappa shape index (κ3) is 2.06. The highest BCUT2D eigenvalue weighted by atomic mass is 16.1. The number of benzene rings is 2. The molecule has 82 valence electrons. The number of hydrogen-bond donors (Lipinski definition) is 1. The van der Waals surface area contributed by atoms with Crippen molar-refractivity contribution in [1.29, 1.82) is 0 Å². The second-order valence-electron chi connectivity index (χ2n) is 3.76. The lowest BCUT2D eigenvalue weighted by molar-refractivity contribution is -0.119. The van der Waals surface area contributed by atoms with Crippen LogP contribution in [0.2, 0.25) is 0 Å². The van der Waals surface area contributed by atoms with Crippen molar-refractivity contribution in [3.63, 3.8) is 0 Å². The van der Waals surface area contributed by atoms with Crippen LogP contribution in [-0.2, 0) is 4.79 Å². The summed E-state index contributed by atoms with van der Waals surface area (Å²) in [6, 6.07) is 13.2. The number of carbonyl (C=O) groups excluding carboxylic acids is 1.